The van der Waals surface area contributed by atoms with Crippen molar-refractivity contribution in [3.05, 3.63) is 34.9 Å². The molecule has 0 aromatic heterocycles. The minimum atomic E-state index is -4.83. The molecule has 1 saturated carbocycles. The molecule has 2 amide bonds. The normalized spacial score (nSPS) is 30.6. The number of hydrazine groups is 2. The fourth-order valence-electron chi connectivity index (χ4n) is 5.71. The number of carbonyl (C=O) groups excluding carboxylic acids is 2. The van der Waals surface area contributed by atoms with Gasteiger partial charge in [-0.25, -0.2) is 10.9 Å². The van der Waals surface area contributed by atoms with Gasteiger partial charge in [-0.15, -0.1) is 13.2 Å². The average molecular weight is 514 g/mol. The summed E-state index contributed by atoms with van der Waals surface area (Å²) in [5, 5.41) is 0.0732. The Morgan fingerprint density at radius 3 is 2.40 bits per heavy atom. The van der Waals surface area contributed by atoms with Crippen LogP contribution in [0.4, 0.5) is 13.2 Å². The lowest BCUT2D eigenvalue weighted by molar-refractivity contribution is -0.274. The zero-order valence-corrected chi connectivity index (χ0v) is 19.6. The van der Waals surface area contributed by atoms with E-state index in [1.807, 2.05) is 4.90 Å². The molecular weight excluding hydrogens is 487 g/mol. The summed E-state index contributed by atoms with van der Waals surface area (Å²) in [6, 6.07) is 4.31. The molecule has 3 unspecified atom stereocenters. The topological polar surface area (TPSA) is 85.9 Å². The first kappa shape index (κ1) is 24.4. The van der Waals surface area contributed by atoms with Crippen molar-refractivity contribution in [3.63, 3.8) is 0 Å². The zero-order valence-electron chi connectivity index (χ0n) is 18.9. The molecule has 35 heavy (non-hydrogen) atoms. The number of amides is 2. The molecule has 12 heteroatoms. The Hall–Kier alpha value is -2.34. The molecule has 0 bridgehead atoms. The second kappa shape index (κ2) is 9.61. The quantitative estimate of drug-likeness (QED) is 0.536. The zero-order chi connectivity index (χ0) is 24.7. The Morgan fingerprint density at radius 1 is 1.00 bits per heavy atom. The molecule has 3 saturated heterocycles. The molecule has 3 aliphatic heterocycles. The fourth-order valence-corrected chi connectivity index (χ4v) is 5.95. The number of hydrogen-bond donors (Lipinski definition) is 3. The monoisotopic (exact) mass is 513 g/mol. The standard InChI is InChI=1S/C23H27ClF3N5O3/c24-17-5-13(6-18(8-17)35-23(25,26)27)1-4-21(33)31-9-15-11-32(12-16(15)10-31)22(34)14-2-3-19-20(7-14)29-30-28-19/h1,4-6,8,14-16,19-20,28-30H,2-3,7,9-12H2/b4-1+/t14?,15-,16-,19?,20?/m1/s1. The lowest BCUT2D eigenvalue weighted by Gasteiger charge is -2.32. The minimum Gasteiger partial charge on any atom is -0.406 e. The Morgan fingerprint density at radius 2 is 1.69 bits per heavy atom. The van der Waals surface area contributed by atoms with Crippen LogP contribution in [0.2, 0.25) is 5.02 Å². The fraction of sp³-hybridized carbons (Fsp3) is 0.565. The summed E-state index contributed by atoms with van der Waals surface area (Å²) >= 11 is 5.89. The molecule has 0 radical (unpaired) electrons. The van der Waals surface area contributed by atoms with E-state index in [1.54, 1.807) is 4.90 Å². The van der Waals surface area contributed by atoms with Crippen LogP contribution in [0.25, 0.3) is 6.08 Å². The third kappa shape index (κ3) is 5.58. The SMILES string of the molecule is O=C(/C=C/c1cc(Cl)cc(OC(F)(F)F)c1)N1C[C@@H]2CN(C(=O)C3CCC4NNNC4C3)C[C@H]2C1. The maximum Gasteiger partial charge on any atom is 0.573 e. The Bertz CT molecular complexity index is 1010. The van der Waals surface area contributed by atoms with E-state index in [9.17, 15) is 22.8 Å². The molecule has 0 spiro atoms. The van der Waals surface area contributed by atoms with Gasteiger partial charge in [0, 0.05) is 67.1 Å². The summed E-state index contributed by atoms with van der Waals surface area (Å²) in [7, 11) is 0. The van der Waals surface area contributed by atoms with E-state index in [0.717, 1.165) is 25.3 Å². The predicted octanol–water partition coefficient (Wildman–Crippen LogP) is 2.32. The number of carbonyl (C=O) groups is 2. The van der Waals surface area contributed by atoms with Gasteiger partial charge in [0.1, 0.15) is 5.75 Å². The van der Waals surface area contributed by atoms with Gasteiger partial charge in [-0.2, -0.15) is 5.53 Å². The highest BCUT2D eigenvalue weighted by atomic mass is 35.5. The highest BCUT2D eigenvalue weighted by molar-refractivity contribution is 6.30. The molecule has 1 aromatic carbocycles. The van der Waals surface area contributed by atoms with Crippen LogP contribution in [0.5, 0.6) is 5.75 Å². The van der Waals surface area contributed by atoms with Crippen LogP contribution < -0.4 is 21.1 Å². The number of fused-ring (bicyclic) bond motifs is 2. The summed E-state index contributed by atoms with van der Waals surface area (Å²) in [5.74, 6) is 0.0385. The minimum absolute atomic E-state index is 0.0221. The van der Waals surface area contributed by atoms with E-state index >= 15 is 0 Å². The number of rotatable bonds is 4. The highest BCUT2D eigenvalue weighted by Crippen LogP contribution is 2.35. The van der Waals surface area contributed by atoms with Crippen LogP contribution in [-0.2, 0) is 9.59 Å². The van der Waals surface area contributed by atoms with Crippen LogP contribution in [0, 0.1) is 17.8 Å². The molecule has 1 aromatic rings. The van der Waals surface area contributed by atoms with Crippen molar-refractivity contribution < 1.29 is 27.5 Å². The summed E-state index contributed by atoms with van der Waals surface area (Å²) in [5.41, 5.74) is 9.65. The molecule has 5 atom stereocenters. The maximum atomic E-state index is 13.1. The van der Waals surface area contributed by atoms with Gasteiger partial charge in [0.15, 0.2) is 0 Å². The number of nitrogens with one attached hydrogen (secondary N) is 3. The number of hydrogen-bond acceptors (Lipinski definition) is 6. The van der Waals surface area contributed by atoms with Gasteiger partial charge in [0.05, 0.1) is 0 Å². The first-order chi connectivity index (χ1) is 16.6. The van der Waals surface area contributed by atoms with Gasteiger partial charge in [-0.1, -0.05) is 11.6 Å². The van der Waals surface area contributed by atoms with Gasteiger partial charge >= 0.3 is 6.36 Å². The third-order valence-electron chi connectivity index (χ3n) is 7.37. The van der Waals surface area contributed by atoms with E-state index < -0.39 is 12.1 Å². The molecule has 1 aliphatic carbocycles. The van der Waals surface area contributed by atoms with Gasteiger partial charge in [-0.3, -0.25) is 9.59 Å². The Balaban J connectivity index is 1.14. The largest absolute Gasteiger partial charge is 0.573 e. The van der Waals surface area contributed by atoms with E-state index in [-0.39, 0.29) is 40.6 Å². The Labute approximate surface area is 205 Å². The van der Waals surface area contributed by atoms with Gasteiger partial charge in [0.25, 0.3) is 0 Å². The van der Waals surface area contributed by atoms with E-state index in [2.05, 4.69) is 21.1 Å². The van der Waals surface area contributed by atoms with Crippen molar-refractivity contribution in [2.75, 3.05) is 26.2 Å². The van der Waals surface area contributed by atoms with Gasteiger partial charge in [0.2, 0.25) is 11.8 Å². The van der Waals surface area contributed by atoms with Crippen LogP contribution in [0.3, 0.4) is 0 Å². The molecule has 4 fully saturated rings. The van der Waals surface area contributed by atoms with E-state index in [0.29, 0.717) is 37.8 Å². The lowest BCUT2D eigenvalue weighted by Crippen LogP contribution is -2.45. The molecule has 190 valence electrons. The summed E-state index contributed by atoms with van der Waals surface area (Å²) in [6.07, 6.45) is 0.569. The van der Waals surface area contributed by atoms with Crippen molar-refractivity contribution in [2.45, 2.75) is 37.7 Å². The lowest BCUT2D eigenvalue weighted by atomic mass is 9.82. The number of benzene rings is 1. The number of alkyl halides is 3. The summed E-state index contributed by atoms with van der Waals surface area (Å²) in [4.78, 5) is 29.5. The number of ether oxygens (including phenoxy) is 1. The summed E-state index contributed by atoms with van der Waals surface area (Å²) < 4.78 is 41.4. The Kier molecular flexibility index (Phi) is 6.69. The van der Waals surface area contributed by atoms with E-state index in [4.69, 9.17) is 11.6 Å². The highest BCUT2D eigenvalue weighted by Gasteiger charge is 2.45. The van der Waals surface area contributed by atoms with Crippen molar-refractivity contribution in [1.29, 1.82) is 0 Å². The molecule has 5 rings (SSSR count). The first-order valence-electron chi connectivity index (χ1n) is 11.7. The van der Waals surface area contributed by atoms with Crippen molar-refractivity contribution in [3.8, 4) is 5.75 Å². The number of likely N-dealkylation sites (tertiary alicyclic amines) is 2. The van der Waals surface area contributed by atoms with Crippen LogP contribution in [-0.4, -0.2) is 66.2 Å². The van der Waals surface area contributed by atoms with Gasteiger partial charge in [-0.05, 0) is 49.1 Å². The second-order valence-corrected chi connectivity index (χ2v) is 10.2. The van der Waals surface area contributed by atoms with Crippen LogP contribution >= 0.6 is 11.6 Å². The smallest absolute Gasteiger partial charge is 0.406 e. The predicted molar refractivity (Wildman–Crippen MR) is 122 cm³/mol. The summed E-state index contributed by atoms with van der Waals surface area (Å²) in [6.45, 7) is 2.41. The molecule has 3 N–H and O–H groups in total. The maximum absolute atomic E-state index is 13.1. The average Bonchev–Trinajstić information content (AvgIpc) is 3.49. The second-order valence-electron chi connectivity index (χ2n) is 9.74. The van der Waals surface area contributed by atoms with Crippen molar-refractivity contribution in [2.24, 2.45) is 17.8 Å². The first-order valence-corrected chi connectivity index (χ1v) is 12.1. The molecule has 3 heterocycles. The molecule has 8 nitrogen and oxygen atoms in total. The van der Waals surface area contributed by atoms with Gasteiger partial charge < -0.3 is 14.5 Å². The third-order valence-corrected chi connectivity index (χ3v) is 7.59. The van der Waals surface area contributed by atoms with Crippen molar-refractivity contribution >= 4 is 29.5 Å². The molecule has 4 aliphatic rings. The van der Waals surface area contributed by atoms with Crippen LogP contribution in [0.1, 0.15) is 24.8 Å². The van der Waals surface area contributed by atoms with Crippen molar-refractivity contribution in [1.82, 2.24) is 26.2 Å². The van der Waals surface area contributed by atoms with Crippen LogP contribution in [0.15, 0.2) is 24.3 Å². The molecular formula is C23H27ClF3N5O3. The number of halogens is 4. The number of nitrogens with zero attached hydrogens (tertiary/aromatic N) is 2. The van der Waals surface area contributed by atoms with E-state index in [1.165, 1.54) is 24.3 Å².